The molecule has 1 atom stereocenters. The van der Waals surface area contributed by atoms with E-state index in [2.05, 4.69) is 0 Å². The lowest BCUT2D eigenvalue weighted by Gasteiger charge is -2.24. The number of aryl methyl sites for hydroxylation is 2. The average Bonchev–Trinajstić information content (AvgIpc) is 3.42. The minimum Gasteiger partial charge on any atom is -0.507 e. The van der Waals surface area contributed by atoms with Crippen molar-refractivity contribution in [3.8, 4) is 11.5 Å². The minimum atomic E-state index is -0.926. The second-order valence-electron chi connectivity index (χ2n) is 8.79. The van der Waals surface area contributed by atoms with E-state index < -0.39 is 17.7 Å². The number of aliphatic hydroxyl groups is 1. The molecular weight excluding hydrogens is 488 g/mol. The number of carbonyl (C=O) groups excluding carboxylic acids is 2. The van der Waals surface area contributed by atoms with Crippen molar-refractivity contribution in [2.45, 2.75) is 26.8 Å². The van der Waals surface area contributed by atoms with E-state index in [0.29, 0.717) is 34.4 Å². The van der Waals surface area contributed by atoms with E-state index in [1.54, 1.807) is 42.5 Å². The molecule has 3 aromatic carbocycles. The second-order valence-corrected chi connectivity index (χ2v) is 9.80. The van der Waals surface area contributed by atoms with Gasteiger partial charge < -0.3 is 14.6 Å². The predicted octanol–water partition coefficient (Wildman–Crippen LogP) is 5.95. The SMILES string of the molecule is CCOc1ccc(/C(O)=C2\C(=O)C(=O)N(c3nc4c(C)cc(C)cc4s3)[C@@H]2c2ccccc2OC)cc1. The first-order valence-electron chi connectivity index (χ1n) is 11.9. The molecule has 0 saturated carbocycles. The van der Waals surface area contributed by atoms with E-state index in [0.717, 1.165) is 21.3 Å². The molecule has 1 amide bonds. The van der Waals surface area contributed by atoms with Crippen molar-refractivity contribution in [2.24, 2.45) is 0 Å². The average molecular weight is 515 g/mol. The standard InChI is InChI=1S/C29H26N2O5S/c1-5-36-19-12-10-18(11-13-19)26(32)23-25(20-8-6-7-9-21(20)35-4)31(28(34)27(23)33)29-30-24-17(3)14-16(2)15-22(24)37-29/h6-15,25,32H,5H2,1-4H3/b26-23+/t25-/m1/s1. The van der Waals surface area contributed by atoms with E-state index in [-0.39, 0.29) is 11.3 Å². The molecule has 1 aromatic heterocycles. The zero-order valence-electron chi connectivity index (χ0n) is 20.9. The van der Waals surface area contributed by atoms with E-state index in [9.17, 15) is 14.7 Å². The van der Waals surface area contributed by atoms with Gasteiger partial charge in [0.05, 0.1) is 29.5 Å². The van der Waals surface area contributed by atoms with E-state index in [1.165, 1.54) is 23.3 Å². The largest absolute Gasteiger partial charge is 0.507 e. The molecule has 1 aliphatic heterocycles. The fourth-order valence-corrected chi connectivity index (χ4v) is 5.88. The van der Waals surface area contributed by atoms with Gasteiger partial charge in [-0.3, -0.25) is 14.5 Å². The van der Waals surface area contributed by atoms with Crippen LogP contribution in [0.2, 0.25) is 0 Å². The first kappa shape index (κ1) is 24.5. The van der Waals surface area contributed by atoms with Crippen LogP contribution >= 0.6 is 11.3 Å². The highest BCUT2D eigenvalue weighted by Gasteiger charge is 2.49. The Balaban J connectivity index is 1.73. The van der Waals surface area contributed by atoms with Gasteiger partial charge in [-0.1, -0.05) is 35.6 Å². The number of amides is 1. The minimum absolute atomic E-state index is 0.0224. The fraction of sp³-hybridized carbons (Fsp3) is 0.207. The summed E-state index contributed by atoms with van der Waals surface area (Å²) in [4.78, 5) is 33.2. The molecule has 4 aromatic rings. The Morgan fingerprint density at radius 1 is 1.08 bits per heavy atom. The van der Waals surface area contributed by atoms with Crippen molar-refractivity contribution < 1.29 is 24.2 Å². The molecule has 0 spiro atoms. The maximum atomic E-state index is 13.5. The van der Waals surface area contributed by atoms with Gasteiger partial charge in [-0.15, -0.1) is 0 Å². The zero-order valence-corrected chi connectivity index (χ0v) is 21.8. The summed E-state index contributed by atoms with van der Waals surface area (Å²) in [7, 11) is 1.53. The van der Waals surface area contributed by atoms with Crippen LogP contribution < -0.4 is 14.4 Å². The molecule has 7 nitrogen and oxygen atoms in total. The van der Waals surface area contributed by atoms with Crippen LogP contribution in [0.25, 0.3) is 16.0 Å². The number of rotatable bonds is 6. The van der Waals surface area contributed by atoms with E-state index in [4.69, 9.17) is 14.5 Å². The van der Waals surface area contributed by atoms with Gasteiger partial charge in [-0.05, 0) is 68.3 Å². The highest BCUT2D eigenvalue weighted by atomic mass is 32.1. The van der Waals surface area contributed by atoms with Crippen molar-refractivity contribution in [3.63, 3.8) is 0 Å². The summed E-state index contributed by atoms with van der Waals surface area (Å²) < 4.78 is 12.0. The van der Waals surface area contributed by atoms with Gasteiger partial charge in [0.25, 0.3) is 5.78 Å². The molecule has 0 unspecified atom stereocenters. The van der Waals surface area contributed by atoms with Gasteiger partial charge in [0, 0.05) is 11.1 Å². The maximum absolute atomic E-state index is 13.5. The maximum Gasteiger partial charge on any atom is 0.301 e. The van der Waals surface area contributed by atoms with Crippen molar-refractivity contribution >= 4 is 44.1 Å². The Labute approximate surface area is 218 Å². The van der Waals surface area contributed by atoms with Crippen molar-refractivity contribution in [2.75, 3.05) is 18.6 Å². The molecule has 0 bridgehead atoms. The Kier molecular flexibility index (Phi) is 6.43. The van der Waals surface area contributed by atoms with E-state index in [1.807, 2.05) is 39.0 Å². The van der Waals surface area contributed by atoms with Crippen molar-refractivity contribution in [3.05, 3.63) is 88.5 Å². The number of benzene rings is 3. The Hall–Kier alpha value is -4.17. The lowest BCUT2D eigenvalue weighted by Crippen LogP contribution is -2.29. The third-order valence-corrected chi connectivity index (χ3v) is 7.34. The number of hydrogen-bond acceptors (Lipinski definition) is 7. The topological polar surface area (TPSA) is 89.0 Å². The summed E-state index contributed by atoms with van der Waals surface area (Å²) in [5.74, 6) is -0.676. The fourth-order valence-electron chi connectivity index (χ4n) is 4.71. The number of aromatic nitrogens is 1. The van der Waals surface area contributed by atoms with Gasteiger partial charge in [0.2, 0.25) is 0 Å². The number of fused-ring (bicyclic) bond motifs is 1. The smallest absolute Gasteiger partial charge is 0.301 e. The quantitative estimate of drug-likeness (QED) is 0.194. The molecule has 1 fully saturated rings. The molecular formula is C29H26N2O5S. The molecule has 5 rings (SSSR count). The number of carbonyl (C=O) groups is 2. The monoisotopic (exact) mass is 514 g/mol. The number of anilines is 1. The summed E-state index contributed by atoms with van der Waals surface area (Å²) in [5, 5.41) is 11.8. The lowest BCUT2D eigenvalue weighted by atomic mass is 9.94. The van der Waals surface area contributed by atoms with Gasteiger partial charge in [0.1, 0.15) is 23.3 Å². The first-order valence-corrected chi connectivity index (χ1v) is 12.7. The van der Waals surface area contributed by atoms with Crippen LogP contribution in [-0.4, -0.2) is 35.5 Å². The third kappa shape index (κ3) is 4.23. The predicted molar refractivity (Wildman–Crippen MR) is 144 cm³/mol. The number of thiazole rings is 1. The summed E-state index contributed by atoms with van der Waals surface area (Å²) in [5.41, 5.74) is 3.79. The number of Topliss-reactive ketones (excluding diaryl/α,β-unsaturated/α-hetero) is 1. The molecule has 188 valence electrons. The molecule has 2 heterocycles. The molecule has 1 aliphatic rings. The molecule has 37 heavy (non-hydrogen) atoms. The highest BCUT2D eigenvalue weighted by Crippen LogP contribution is 2.46. The van der Waals surface area contributed by atoms with Crippen LogP contribution in [-0.2, 0) is 9.59 Å². The third-order valence-electron chi connectivity index (χ3n) is 6.34. The van der Waals surface area contributed by atoms with Crippen LogP contribution in [0.1, 0.15) is 35.2 Å². The van der Waals surface area contributed by atoms with Crippen LogP contribution in [0, 0.1) is 13.8 Å². The molecule has 1 N–H and O–H groups in total. The summed E-state index contributed by atoms with van der Waals surface area (Å²) in [6.07, 6.45) is 0. The lowest BCUT2D eigenvalue weighted by molar-refractivity contribution is -0.132. The second kappa shape index (κ2) is 9.71. The zero-order chi connectivity index (χ0) is 26.3. The van der Waals surface area contributed by atoms with Gasteiger partial charge in [-0.2, -0.15) is 0 Å². The van der Waals surface area contributed by atoms with Crippen molar-refractivity contribution in [1.82, 2.24) is 4.98 Å². The normalized spacial score (nSPS) is 17.0. The highest BCUT2D eigenvalue weighted by molar-refractivity contribution is 7.22. The van der Waals surface area contributed by atoms with Crippen molar-refractivity contribution in [1.29, 1.82) is 0 Å². The number of hydrogen-bond donors (Lipinski definition) is 1. The van der Waals surface area contributed by atoms with Gasteiger partial charge in [-0.25, -0.2) is 4.98 Å². The summed E-state index contributed by atoms with van der Waals surface area (Å²) in [6, 6.07) is 17.0. The van der Waals surface area contributed by atoms with Gasteiger partial charge in [0.15, 0.2) is 5.13 Å². The summed E-state index contributed by atoms with van der Waals surface area (Å²) in [6.45, 7) is 6.36. The molecule has 8 heteroatoms. The number of ether oxygens (including phenoxy) is 2. The number of aliphatic hydroxyl groups excluding tert-OH is 1. The summed E-state index contributed by atoms with van der Waals surface area (Å²) >= 11 is 1.34. The molecule has 0 aliphatic carbocycles. The van der Waals surface area contributed by atoms with Crippen LogP contribution in [0.15, 0.2) is 66.2 Å². The van der Waals surface area contributed by atoms with Crippen LogP contribution in [0.5, 0.6) is 11.5 Å². The number of nitrogens with zero attached hydrogens (tertiary/aromatic N) is 2. The number of ketones is 1. The Morgan fingerprint density at radius 2 is 1.81 bits per heavy atom. The first-order chi connectivity index (χ1) is 17.8. The Bertz CT molecular complexity index is 1550. The molecule has 1 saturated heterocycles. The van der Waals surface area contributed by atoms with E-state index >= 15 is 0 Å². The van der Waals surface area contributed by atoms with Crippen LogP contribution in [0.3, 0.4) is 0 Å². The number of para-hydroxylation sites is 1. The van der Waals surface area contributed by atoms with Crippen LogP contribution in [0.4, 0.5) is 5.13 Å². The Morgan fingerprint density at radius 3 is 2.51 bits per heavy atom. The molecule has 0 radical (unpaired) electrons. The number of methoxy groups -OCH3 is 1. The van der Waals surface area contributed by atoms with Gasteiger partial charge >= 0.3 is 5.91 Å².